The van der Waals surface area contributed by atoms with Crippen molar-refractivity contribution >= 4 is 11.6 Å². The zero-order valence-corrected chi connectivity index (χ0v) is 12.2. The third kappa shape index (κ3) is 2.85. The Balaban J connectivity index is 1.99. The topological polar surface area (TPSA) is 55.7 Å². The molecule has 2 N–H and O–H groups in total. The van der Waals surface area contributed by atoms with Gasteiger partial charge < -0.3 is 0 Å². The molecule has 0 saturated carbocycles. The number of nitrogens with zero attached hydrogens (tertiary/aromatic N) is 3. The molecule has 3 aromatic rings. The molecule has 3 rings (SSSR count). The van der Waals surface area contributed by atoms with Crippen molar-refractivity contribution in [1.29, 1.82) is 0 Å². The molecule has 21 heavy (non-hydrogen) atoms. The lowest BCUT2D eigenvalue weighted by Gasteiger charge is -2.06. The van der Waals surface area contributed by atoms with Gasteiger partial charge in [0.05, 0.1) is 0 Å². The molecule has 0 aliphatic heterocycles. The number of nitrogen functional groups attached to an aromatic ring is 1. The number of halogens is 1. The second kappa shape index (κ2) is 5.50. The smallest absolute Gasteiger partial charge is 0.199 e. The molecule has 0 amide bonds. The lowest BCUT2D eigenvalue weighted by atomic mass is 10.1. The van der Waals surface area contributed by atoms with E-state index in [1.807, 2.05) is 43.3 Å². The molecular formula is C16H14ClN4+. The van der Waals surface area contributed by atoms with Crippen LogP contribution in [0.15, 0.2) is 55.0 Å². The number of hydrogen-bond donors (Lipinski definition) is 1. The lowest BCUT2D eigenvalue weighted by Crippen LogP contribution is -2.43. The molecule has 0 spiro atoms. The summed E-state index contributed by atoms with van der Waals surface area (Å²) in [7, 11) is 0. The highest BCUT2D eigenvalue weighted by Gasteiger charge is 2.09. The van der Waals surface area contributed by atoms with Crippen molar-refractivity contribution in [2.75, 3.05) is 5.84 Å². The van der Waals surface area contributed by atoms with Crippen LogP contribution in [-0.2, 0) is 0 Å². The number of pyridine rings is 1. The van der Waals surface area contributed by atoms with E-state index in [9.17, 15) is 0 Å². The minimum absolute atomic E-state index is 0.438. The maximum Gasteiger partial charge on any atom is 0.199 e. The molecule has 2 heterocycles. The Morgan fingerprint density at radius 1 is 1.00 bits per heavy atom. The van der Waals surface area contributed by atoms with E-state index >= 15 is 0 Å². The summed E-state index contributed by atoms with van der Waals surface area (Å²) in [6.45, 7) is 2.05. The number of aryl methyl sites for hydroxylation is 1. The Morgan fingerprint density at radius 2 is 1.67 bits per heavy atom. The van der Waals surface area contributed by atoms with Crippen molar-refractivity contribution in [2.45, 2.75) is 6.92 Å². The standard InChI is InChI=1S/C16H14ClN4/c1-11-2-4-12(5-3-11)14-10-19-16(20-15(14)17)13-6-8-21(18)9-7-13/h2-10H,18H2,1H3/q+1. The molecular weight excluding hydrogens is 284 g/mol. The van der Waals surface area contributed by atoms with Gasteiger partial charge in [0.2, 0.25) is 0 Å². The highest BCUT2D eigenvalue weighted by molar-refractivity contribution is 6.32. The first-order valence-corrected chi connectivity index (χ1v) is 6.87. The number of nitrogens with two attached hydrogens (primary N) is 1. The Morgan fingerprint density at radius 3 is 2.29 bits per heavy atom. The molecule has 0 fully saturated rings. The van der Waals surface area contributed by atoms with Gasteiger partial charge in [-0.05, 0) is 12.5 Å². The maximum atomic E-state index is 6.30. The summed E-state index contributed by atoms with van der Waals surface area (Å²) in [5.41, 5.74) is 3.90. The Bertz CT molecular complexity index is 767. The Kier molecular flexibility index (Phi) is 3.54. The van der Waals surface area contributed by atoms with Gasteiger partial charge >= 0.3 is 0 Å². The van der Waals surface area contributed by atoms with Crippen molar-refractivity contribution in [3.8, 4) is 22.5 Å². The summed E-state index contributed by atoms with van der Waals surface area (Å²) >= 11 is 6.30. The van der Waals surface area contributed by atoms with Gasteiger partial charge in [-0.1, -0.05) is 46.1 Å². The van der Waals surface area contributed by atoms with Crippen molar-refractivity contribution in [3.05, 3.63) is 65.7 Å². The molecule has 2 aromatic heterocycles. The molecule has 1 aromatic carbocycles. The van der Waals surface area contributed by atoms with Gasteiger partial charge in [0.25, 0.3) is 0 Å². The number of hydrogen-bond acceptors (Lipinski definition) is 3. The van der Waals surface area contributed by atoms with Crippen LogP contribution in [0.2, 0.25) is 5.15 Å². The number of aromatic nitrogens is 3. The quantitative estimate of drug-likeness (QED) is 0.449. The van der Waals surface area contributed by atoms with Crippen molar-refractivity contribution in [2.24, 2.45) is 0 Å². The van der Waals surface area contributed by atoms with Crippen LogP contribution in [-0.4, -0.2) is 9.97 Å². The summed E-state index contributed by atoms with van der Waals surface area (Å²) in [6.07, 6.45) is 5.22. The lowest BCUT2D eigenvalue weighted by molar-refractivity contribution is -0.638. The van der Waals surface area contributed by atoms with E-state index in [-0.39, 0.29) is 0 Å². The van der Waals surface area contributed by atoms with Crippen LogP contribution < -0.4 is 10.5 Å². The highest BCUT2D eigenvalue weighted by Crippen LogP contribution is 2.27. The van der Waals surface area contributed by atoms with Gasteiger partial charge in [-0.25, -0.2) is 15.8 Å². The van der Waals surface area contributed by atoms with Crippen LogP contribution in [0, 0.1) is 6.92 Å². The van der Waals surface area contributed by atoms with Gasteiger partial charge in [-0.3, -0.25) is 0 Å². The van der Waals surface area contributed by atoms with Crippen LogP contribution in [0.5, 0.6) is 0 Å². The third-order valence-electron chi connectivity index (χ3n) is 3.22. The van der Waals surface area contributed by atoms with Gasteiger partial charge in [0.1, 0.15) is 5.15 Å². The first-order chi connectivity index (χ1) is 10.1. The molecule has 0 aliphatic rings. The van der Waals surface area contributed by atoms with E-state index in [4.69, 9.17) is 17.4 Å². The molecule has 4 nitrogen and oxygen atoms in total. The number of rotatable bonds is 2. The van der Waals surface area contributed by atoms with E-state index in [1.54, 1.807) is 18.6 Å². The van der Waals surface area contributed by atoms with E-state index < -0.39 is 0 Å². The van der Waals surface area contributed by atoms with Crippen LogP contribution in [0.4, 0.5) is 0 Å². The average Bonchev–Trinajstić information content (AvgIpc) is 2.49. The van der Waals surface area contributed by atoms with E-state index in [0.29, 0.717) is 11.0 Å². The van der Waals surface area contributed by atoms with Crippen molar-refractivity contribution in [1.82, 2.24) is 9.97 Å². The van der Waals surface area contributed by atoms with Crippen molar-refractivity contribution in [3.63, 3.8) is 0 Å². The van der Waals surface area contributed by atoms with Crippen molar-refractivity contribution < 1.29 is 4.68 Å². The van der Waals surface area contributed by atoms with Crippen LogP contribution in [0.3, 0.4) is 0 Å². The minimum atomic E-state index is 0.438. The molecule has 104 valence electrons. The third-order valence-corrected chi connectivity index (χ3v) is 3.50. The first kappa shape index (κ1) is 13.5. The predicted molar refractivity (Wildman–Crippen MR) is 83.0 cm³/mol. The van der Waals surface area contributed by atoms with Gasteiger partial charge in [0, 0.05) is 29.5 Å². The summed E-state index contributed by atoms with van der Waals surface area (Å²) in [5.74, 6) is 6.18. The zero-order chi connectivity index (χ0) is 14.8. The maximum absolute atomic E-state index is 6.30. The molecule has 0 radical (unpaired) electrons. The molecule has 0 saturated heterocycles. The van der Waals surface area contributed by atoms with E-state index in [0.717, 1.165) is 16.7 Å². The summed E-state index contributed by atoms with van der Waals surface area (Å²) < 4.78 is 1.46. The summed E-state index contributed by atoms with van der Waals surface area (Å²) in [6, 6.07) is 11.8. The average molecular weight is 298 g/mol. The van der Waals surface area contributed by atoms with Gasteiger partial charge in [-0.15, -0.1) is 0 Å². The van der Waals surface area contributed by atoms with E-state index in [2.05, 4.69) is 9.97 Å². The fourth-order valence-electron chi connectivity index (χ4n) is 2.01. The van der Waals surface area contributed by atoms with Gasteiger partial charge in [-0.2, -0.15) is 0 Å². The number of benzene rings is 1. The van der Waals surface area contributed by atoms with Crippen LogP contribution in [0.1, 0.15) is 5.56 Å². The normalized spacial score (nSPS) is 10.6. The molecule has 5 heteroatoms. The fourth-order valence-corrected chi connectivity index (χ4v) is 2.25. The van der Waals surface area contributed by atoms with Crippen LogP contribution >= 0.6 is 11.6 Å². The zero-order valence-electron chi connectivity index (χ0n) is 11.5. The predicted octanol–water partition coefficient (Wildman–Crippen LogP) is 2.77. The molecule has 0 aliphatic carbocycles. The Hall–Kier alpha value is -2.46. The summed E-state index contributed by atoms with van der Waals surface area (Å²) in [5, 5.41) is 0.438. The van der Waals surface area contributed by atoms with Gasteiger partial charge in [0.15, 0.2) is 18.2 Å². The second-order valence-electron chi connectivity index (χ2n) is 4.80. The Labute approximate surface area is 127 Å². The highest BCUT2D eigenvalue weighted by atomic mass is 35.5. The second-order valence-corrected chi connectivity index (χ2v) is 5.16. The first-order valence-electron chi connectivity index (χ1n) is 6.50. The SMILES string of the molecule is Cc1ccc(-c2cnc(-c3cc[n+](N)cc3)nc2Cl)cc1. The monoisotopic (exact) mass is 297 g/mol. The van der Waals surface area contributed by atoms with Crippen LogP contribution in [0.25, 0.3) is 22.5 Å². The molecule has 0 unspecified atom stereocenters. The van der Waals surface area contributed by atoms with E-state index in [1.165, 1.54) is 10.2 Å². The molecule has 0 bridgehead atoms. The minimum Gasteiger partial charge on any atom is -0.236 e. The fraction of sp³-hybridized carbons (Fsp3) is 0.0625. The largest absolute Gasteiger partial charge is 0.236 e. The summed E-state index contributed by atoms with van der Waals surface area (Å²) in [4.78, 5) is 8.77. The molecule has 0 atom stereocenters.